The summed E-state index contributed by atoms with van der Waals surface area (Å²) in [6, 6.07) is 10.6. The lowest BCUT2D eigenvalue weighted by molar-refractivity contribution is -0.662. The van der Waals surface area contributed by atoms with Gasteiger partial charge in [0.15, 0.2) is 11.2 Å². The Morgan fingerprint density at radius 1 is 1.18 bits per heavy atom. The second kappa shape index (κ2) is 3.93. The number of rotatable bonds is 1. The van der Waals surface area contributed by atoms with Gasteiger partial charge in [0.2, 0.25) is 0 Å². The Morgan fingerprint density at radius 3 is 2.82 bits per heavy atom. The van der Waals surface area contributed by atoms with Crippen LogP contribution < -0.4 is 4.57 Å². The zero-order valence-corrected chi connectivity index (χ0v) is 10.7. The molecule has 0 atom stereocenters. The van der Waals surface area contributed by atoms with Gasteiger partial charge in [0.05, 0.1) is 7.05 Å². The Labute approximate surface area is 104 Å². The van der Waals surface area contributed by atoms with Gasteiger partial charge in [0.25, 0.3) is 6.33 Å². The van der Waals surface area contributed by atoms with Crippen LogP contribution in [0.15, 0.2) is 42.0 Å². The number of fused-ring (bicyclic) bond motifs is 1. The smallest absolute Gasteiger partial charge is 0.231 e. The largest absolute Gasteiger partial charge is 0.287 e. The highest BCUT2D eigenvalue weighted by atomic mass is 32.1. The molecule has 3 aromatic rings. The molecule has 0 aliphatic heterocycles. The summed E-state index contributed by atoms with van der Waals surface area (Å²) < 4.78 is 3.35. The molecule has 1 aromatic carbocycles. The van der Waals surface area contributed by atoms with Crippen molar-refractivity contribution in [2.75, 3.05) is 0 Å². The summed E-state index contributed by atoms with van der Waals surface area (Å²) >= 11 is 1.75. The molecule has 0 N–H and O–H groups in total. The molecule has 0 fully saturated rings. The van der Waals surface area contributed by atoms with E-state index in [-0.39, 0.29) is 0 Å². The monoisotopic (exact) mass is 241 g/mol. The molecular formula is C14H13N2S+. The molecule has 3 rings (SSSR count). The lowest BCUT2D eigenvalue weighted by atomic mass is 10.1. The minimum atomic E-state index is 1.08. The number of aromatic nitrogens is 2. The molecule has 2 aromatic heterocycles. The maximum absolute atomic E-state index is 4.43. The van der Waals surface area contributed by atoms with Gasteiger partial charge in [-0.1, -0.05) is 24.3 Å². The van der Waals surface area contributed by atoms with Gasteiger partial charge in [0.1, 0.15) is 4.70 Å². The summed E-state index contributed by atoms with van der Waals surface area (Å²) in [5.74, 6) is 0. The van der Waals surface area contributed by atoms with Gasteiger partial charge >= 0.3 is 0 Å². The van der Waals surface area contributed by atoms with Gasteiger partial charge in [-0.25, -0.2) is 4.57 Å². The van der Waals surface area contributed by atoms with Crippen molar-refractivity contribution in [2.45, 2.75) is 6.92 Å². The van der Waals surface area contributed by atoms with Crippen LogP contribution in [-0.2, 0) is 7.05 Å². The number of benzene rings is 1. The topological polar surface area (TPSA) is 16.8 Å². The van der Waals surface area contributed by atoms with Crippen LogP contribution in [0.5, 0.6) is 0 Å². The van der Waals surface area contributed by atoms with E-state index in [1.807, 2.05) is 13.4 Å². The fraction of sp³-hybridized carbons (Fsp3) is 0.143. The van der Waals surface area contributed by atoms with Crippen molar-refractivity contribution in [3.8, 4) is 11.3 Å². The van der Waals surface area contributed by atoms with Gasteiger partial charge in [-0.15, -0.1) is 11.3 Å². The molecule has 0 bridgehead atoms. The minimum absolute atomic E-state index is 1.08. The van der Waals surface area contributed by atoms with Crippen molar-refractivity contribution in [1.29, 1.82) is 0 Å². The Morgan fingerprint density at radius 2 is 2.00 bits per heavy atom. The van der Waals surface area contributed by atoms with E-state index in [0.717, 1.165) is 5.52 Å². The van der Waals surface area contributed by atoms with E-state index in [1.54, 1.807) is 11.3 Å². The normalized spacial score (nSPS) is 10.9. The summed E-state index contributed by atoms with van der Waals surface area (Å²) in [4.78, 5) is 4.43. The van der Waals surface area contributed by atoms with E-state index in [0.29, 0.717) is 0 Å². The summed E-state index contributed by atoms with van der Waals surface area (Å²) in [5, 5.41) is 2.10. The highest BCUT2D eigenvalue weighted by molar-refractivity contribution is 7.17. The Kier molecular flexibility index (Phi) is 2.41. The molecule has 0 unspecified atom stereocenters. The highest BCUT2D eigenvalue weighted by Gasteiger charge is 2.16. The minimum Gasteiger partial charge on any atom is -0.231 e. The second-order valence-electron chi connectivity index (χ2n) is 4.15. The molecule has 17 heavy (non-hydrogen) atoms. The van der Waals surface area contributed by atoms with E-state index < -0.39 is 0 Å². The second-order valence-corrected chi connectivity index (χ2v) is 5.07. The molecule has 84 valence electrons. The fourth-order valence-electron chi connectivity index (χ4n) is 2.10. The SMILES string of the molecule is Cc1ccccc1-c1c2sccc2nc[n+]1C. The van der Waals surface area contributed by atoms with Crippen LogP contribution in [0, 0.1) is 6.92 Å². The number of aryl methyl sites for hydroxylation is 2. The van der Waals surface area contributed by atoms with Crippen molar-refractivity contribution in [3.63, 3.8) is 0 Å². The van der Waals surface area contributed by atoms with Crippen molar-refractivity contribution >= 4 is 21.6 Å². The molecule has 0 amide bonds. The Bertz CT molecular complexity index is 686. The first-order chi connectivity index (χ1) is 8.27. The van der Waals surface area contributed by atoms with Crippen LogP contribution in [0.2, 0.25) is 0 Å². The van der Waals surface area contributed by atoms with Crippen molar-refractivity contribution in [3.05, 3.63) is 47.6 Å². The third-order valence-corrected chi connectivity index (χ3v) is 3.89. The summed E-state index contributed by atoms with van der Waals surface area (Å²) in [5.41, 5.74) is 4.91. The molecule has 0 aliphatic rings. The summed E-state index contributed by atoms with van der Waals surface area (Å²) in [6.07, 6.45) is 1.89. The average Bonchev–Trinajstić information content (AvgIpc) is 2.79. The van der Waals surface area contributed by atoms with Gasteiger partial charge < -0.3 is 0 Å². The molecule has 2 heterocycles. The number of thiophene rings is 1. The van der Waals surface area contributed by atoms with E-state index in [2.05, 4.69) is 52.2 Å². The third kappa shape index (κ3) is 1.63. The van der Waals surface area contributed by atoms with Crippen LogP contribution in [0.25, 0.3) is 21.5 Å². The van der Waals surface area contributed by atoms with Crippen molar-refractivity contribution < 1.29 is 4.57 Å². The average molecular weight is 241 g/mol. The van der Waals surface area contributed by atoms with Gasteiger partial charge in [-0.3, -0.25) is 0 Å². The lowest BCUT2D eigenvalue weighted by Gasteiger charge is -2.06. The molecule has 0 spiro atoms. The Balaban J connectivity index is 2.40. The first kappa shape index (κ1) is 10.4. The van der Waals surface area contributed by atoms with E-state index in [9.17, 15) is 0 Å². The first-order valence-electron chi connectivity index (χ1n) is 5.55. The molecule has 0 aliphatic carbocycles. The van der Waals surface area contributed by atoms with Gasteiger partial charge in [-0.05, 0) is 22.9 Å². The lowest BCUT2D eigenvalue weighted by Crippen LogP contribution is -2.31. The molecule has 3 heteroatoms. The highest BCUT2D eigenvalue weighted by Crippen LogP contribution is 2.29. The van der Waals surface area contributed by atoms with Crippen LogP contribution >= 0.6 is 11.3 Å². The van der Waals surface area contributed by atoms with E-state index >= 15 is 0 Å². The summed E-state index contributed by atoms with van der Waals surface area (Å²) in [6.45, 7) is 2.15. The van der Waals surface area contributed by atoms with E-state index in [1.165, 1.54) is 21.5 Å². The molecule has 0 radical (unpaired) electrons. The Hall–Kier alpha value is -1.74. The van der Waals surface area contributed by atoms with Crippen LogP contribution in [0.1, 0.15) is 5.56 Å². The molecule has 0 saturated heterocycles. The quantitative estimate of drug-likeness (QED) is 0.598. The number of nitrogens with zero attached hydrogens (tertiary/aromatic N) is 2. The predicted molar refractivity (Wildman–Crippen MR) is 71.0 cm³/mol. The van der Waals surface area contributed by atoms with Gasteiger partial charge in [0, 0.05) is 11.6 Å². The van der Waals surface area contributed by atoms with E-state index in [4.69, 9.17) is 0 Å². The predicted octanol–water partition coefficient (Wildman–Crippen LogP) is 3.10. The van der Waals surface area contributed by atoms with Crippen molar-refractivity contribution in [1.82, 2.24) is 4.98 Å². The molecule has 2 nitrogen and oxygen atoms in total. The first-order valence-corrected chi connectivity index (χ1v) is 6.43. The number of hydrogen-bond acceptors (Lipinski definition) is 2. The van der Waals surface area contributed by atoms with Crippen LogP contribution in [0.3, 0.4) is 0 Å². The number of hydrogen-bond donors (Lipinski definition) is 0. The molecular weight excluding hydrogens is 228 g/mol. The zero-order valence-electron chi connectivity index (χ0n) is 9.84. The summed E-state index contributed by atoms with van der Waals surface area (Å²) in [7, 11) is 2.05. The van der Waals surface area contributed by atoms with Crippen LogP contribution in [0.4, 0.5) is 0 Å². The third-order valence-electron chi connectivity index (χ3n) is 2.98. The maximum atomic E-state index is 4.43. The van der Waals surface area contributed by atoms with Gasteiger partial charge in [-0.2, -0.15) is 0 Å². The zero-order chi connectivity index (χ0) is 11.8. The van der Waals surface area contributed by atoms with Crippen molar-refractivity contribution in [2.24, 2.45) is 7.05 Å². The standard InChI is InChI=1S/C14H13N2S/c1-10-5-3-4-6-11(10)13-14-12(7-8-17-14)15-9-16(13)2/h3-9H,1-2H3/q+1. The molecule has 0 saturated carbocycles. The maximum Gasteiger partial charge on any atom is 0.287 e. The van der Waals surface area contributed by atoms with Crippen LogP contribution in [-0.4, -0.2) is 4.98 Å². The fourth-order valence-corrected chi connectivity index (χ4v) is 3.04.